The minimum atomic E-state index is -4.19. The third-order valence-corrected chi connectivity index (χ3v) is 9.07. The van der Waals surface area contributed by atoms with E-state index < -0.39 is 34.4 Å². The van der Waals surface area contributed by atoms with Crippen LogP contribution in [0.15, 0.2) is 65.6 Å². The lowest BCUT2D eigenvalue weighted by atomic mass is 10.1. The van der Waals surface area contributed by atoms with Crippen molar-refractivity contribution in [1.29, 1.82) is 0 Å². The molecule has 0 heterocycles. The molecule has 0 saturated carbocycles. The van der Waals surface area contributed by atoms with Crippen molar-refractivity contribution in [3.8, 4) is 0 Å². The van der Waals surface area contributed by atoms with E-state index >= 15 is 0 Å². The van der Waals surface area contributed by atoms with Gasteiger partial charge in [-0.25, -0.2) is 8.42 Å². The maximum atomic E-state index is 13.9. The fourth-order valence-electron chi connectivity index (χ4n) is 3.84. The third-order valence-electron chi connectivity index (χ3n) is 6.15. The van der Waals surface area contributed by atoms with Crippen molar-refractivity contribution in [2.75, 3.05) is 17.9 Å². The molecule has 1 atom stereocenters. The van der Waals surface area contributed by atoms with Crippen molar-refractivity contribution in [2.45, 2.75) is 38.3 Å². The van der Waals surface area contributed by atoms with E-state index in [4.69, 9.17) is 34.8 Å². The van der Waals surface area contributed by atoms with E-state index in [1.54, 1.807) is 62.4 Å². The first kappa shape index (κ1) is 29.8. The number of hydrogen-bond acceptors (Lipinski definition) is 4. The number of carbonyl (C=O) groups excluding carboxylic acids is 2. The Morgan fingerprint density at radius 1 is 0.921 bits per heavy atom. The van der Waals surface area contributed by atoms with Crippen molar-refractivity contribution in [1.82, 2.24) is 10.2 Å². The summed E-state index contributed by atoms with van der Waals surface area (Å²) < 4.78 is 28.8. The highest BCUT2D eigenvalue weighted by molar-refractivity contribution is 7.92. The minimum Gasteiger partial charge on any atom is -0.357 e. The van der Waals surface area contributed by atoms with Gasteiger partial charge in [0.2, 0.25) is 11.8 Å². The largest absolute Gasteiger partial charge is 0.357 e. The maximum absolute atomic E-state index is 13.9. The lowest BCUT2D eigenvalue weighted by Gasteiger charge is -2.32. The number of rotatable bonds is 9. The Hall–Kier alpha value is -2.78. The van der Waals surface area contributed by atoms with Crippen LogP contribution < -0.4 is 9.62 Å². The molecule has 0 aromatic heterocycles. The van der Waals surface area contributed by atoms with Gasteiger partial charge < -0.3 is 10.2 Å². The van der Waals surface area contributed by atoms with Crippen molar-refractivity contribution >= 4 is 62.3 Å². The summed E-state index contributed by atoms with van der Waals surface area (Å²) in [5.41, 5.74) is 2.26. The number of amides is 2. The zero-order valence-corrected chi connectivity index (χ0v) is 24.4. The summed E-state index contributed by atoms with van der Waals surface area (Å²) in [5, 5.41) is 3.53. The number of carbonyl (C=O) groups is 2. The van der Waals surface area contributed by atoms with Gasteiger partial charge in [0, 0.05) is 18.6 Å². The lowest BCUT2D eigenvalue weighted by molar-refractivity contribution is -0.139. The first-order valence-corrected chi connectivity index (χ1v) is 14.2. The van der Waals surface area contributed by atoms with Gasteiger partial charge in [0.25, 0.3) is 10.0 Å². The van der Waals surface area contributed by atoms with E-state index in [0.717, 1.165) is 9.87 Å². The van der Waals surface area contributed by atoms with Crippen molar-refractivity contribution in [3.05, 3.63) is 92.4 Å². The van der Waals surface area contributed by atoms with Crippen LogP contribution in [0.1, 0.15) is 23.6 Å². The number of hydrogen-bond donors (Lipinski definition) is 1. The number of halogens is 3. The highest BCUT2D eigenvalue weighted by Crippen LogP contribution is 2.31. The van der Waals surface area contributed by atoms with Crippen LogP contribution in [0, 0.1) is 13.8 Å². The minimum absolute atomic E-state index is 0.00272. The van der Waals surface area contributed by atoms with Crippen LogP contribution in [-0.4, -0.2) is 44.8 Å². The first-order valence-electron chi connectivity index (χ1n) is 11.7. The Labute approximate surface area is 238 Å². The zero-order chi connectivity index (χ0) is 28.2. The van der Waals surface area contributed by atoms with Crippen molar-refractivity contribution < 1.29 is 18.0 Å². The molecular formula is C27H28Cl3N3O4S. The number of sulfonamides is 1. The molecule has 0 bridgehead atoms. The van der Waals surface area contributed by atoms with Crippen LogP contribution in [-0.2, 0) is 26.2 Å². The van der Waals surface area contributed by atoms with Crippen LogP contribution in [0.3, 0.4) is 0 Å². The molecule has 0 aliphatic heterocycles. The molecule has 0 spiro atoms. The van der Waals surface area contributed by atoms with Gasteiger partial charge in [-0.05, 0) is 68.3 Å². The van der Waals surface area contributed by atoms with Gasteiger partial charge in [-0.3, -0.25) is 13.9 Å². The Morgan fingerprint density at radius 3 is 2.18 bits per heavy atom. The van der Waals surface area contributed by atoms with Crippen LogP contribution in [0.5, 0.6) is 0 Å². The standard InChI is InChI=1S/C27H28Cl3N3O4S/c1-17-8-11-21(12-9-17)38(36,37)33(25-7-5-6-22(28)18(25)2)16-26(34)32(19(3)27(35)31-4)15-20-10-13-23(29)24(30)14-20/h5-14,19H,15-16H2,1-4H3,(H,31,35)/t19-/m1/s1. The van der Waals surface area contributed by atoms with Crippen molar-refractivity contribution in [2.24, 2.45) is 0 Å². The maximum Gasteiger partial charge on any atom is 0.264 e. The predicted octanol–water partition coefficient (Wildman–Crippen LogP) is 5.62. The number of nitrogens with zero attached hydrogens (tertiary/aromatic N) is 2. The second-order valence-electron chi connectivity index (χ2n) is 8.77. The first-order chi connectivity index (χ1) is 17.9. The van der Waals surface area contributed by atoms with Gasteiger partial charge in [-0.15, -0.1) is 0 Å². The Bertz CT molecular complexity index is 1450. The summed E-state index contributed by atoms with van der Waals surface area (Å²) in [7, 11) is -2.72. The topological polar surface area (TPSA) is 86.8 Å². The fraction of sp³-hybridized carbons (Fsp3) is 0.259. The Kier molecular flexibility index (Phi) is 9.70. The third kappa shape index (κ3) is 6.61. The van der Waals surface area contributed by atoms with E-state index in [0.29, 0.717) is 26.2 Å². The number of anilines is 1. The van der Waals surface area contributed by atoms with Crippen LogP contribution in [0.4, 0.5) is 5.69 Å². The summed E-state index contributed by atoms with van der Waals surface area (Å²) >= 11 is 18.5. The van der Waals surface area contributed by atoms with E-state index in [9.17, 15) is 18.0 Å². The average molecular weight is 597 g/mol. The van der Waals surface area contributed by atoms with Gasteiger partial charge in [0.15, 0.2) is 0 Å². The molecule has 11 heteroatoms. The van der Waals surface area contributed by atoms with Crippen molar-refractivity contribution in [3.63, 3.8) is 0 Å². The van der Waals surface area contributed by atoms with E-state index in [-0.39, 0.29) is 17.1 Å². The SMILES string of the molecule is CNC(=O)[C@@H](C)N(Cc1ccc(Cl)c(Cl)c1)C(=O)CN(c1cccc(Cl)c1C)S(=O)(=O)c1ccc(C)cc1. The molecule has 0 aliphatic carbocycles. The molecule has 1 N–H and O–H groups in total. The second kappa shape index (κ2) is 12.4. The molecule has 7 nitrogen and oxygen atoms in total. The quantitative estimate of drug-likeness (QED) is 0.347. The molecule has 0 fully saturated rings. The number of likely N-dealkylation sites (N-methyl/N-ethyl adjacent to an activating group) is 1. The highest BCUT2D eigenvalue weighted by Gasteiger charge is 2.33. The summed E-state index contributed by atoms with van der Waals surface area (Å²) in [6.45, 7) is 4.52. The smallest absolute Gasteiger partial charge is 0.264 e. The molecule has 0 unspecified atom stereocenters. The summed E-state index contributed by atoms with van der Waals surface area (Å²) in [5.74, 6) is -1.01. The molecule has 3 rings (SSSR count). The van der Waals surface area contributed by atoms with Crippen LogP contribution in [0.25, 0.3) is 0 Å². The van der Waals surface area contributed by atoms with Crippen LogP contribution >= 0.6 is 34.8 Å². The molecule has 38 heavy (non-hydrogen) atoms. The average Bonchev–Trinajstić information content (AvgIpc) is 2.88. The summed E-state index contributed by atoms with van der Waals surface area (Å²) in [4.78, 5) is 27.7. The van der Waals surface area contributed by atoms with Gasteiger partial charge in [0.05, 0.1) is 20.6 Å². The van der Waals surface area contributed by atoms with E-state index in [2.05, 4.69) is 5.32 Å². The van der Waals surface area contributed by atoms with Gasteiger partial charge >= 0.3 is 0 Å². The molecule has 3 aromatic carbocycles. The van der Waals surface area contributed by atoms with E-state index in [1.165, 1.54) is 24.1 Å². The molecule has 0 aliphatic rings. The molecule has 0 radical (unpaired) electrons. The van der Waals surface area contributed by atoms with Gasteiger partial charge in [0.1, 0.15) is 12.6 Å². The molecule has 3 aromatic rings. The summed E-state index contributed by atoms with van der Waals surface area (Å²) in [6, 6.07) is 15.2. The predicted molar refractivity (Wildman–Crippen MR) is 152 cm³/mol. The van der Waals surface area contributed by atoms with Gasteiger partial charge in [-0.2, -0.15) is 0 Å². The number of nitrogens with one attached hydrogen (secondary N) is 1. The fourth-order valence-corrected chi connectivity index (χ4v) is 5.81. The number of aryl methyl sites for hydroxylation is 1. The number of benzene rings is 3. The molecule has 202 valence electrons. The molecule has 0 saturated heterocycles. The highest BCUT2D eigenvalue weighted by atomic mass is 35.5. The van der Waals surface area contributed by atoms with Gasteiger partial charge in [-0.1, -0.05) is 64.6 Å². The normalized spacial score (nSPS) is 12.1. The summed E-state index contributed by atoms with van der Waals surface area (Å²) in [6.07, 6.45) is 0. The monoisotopic (exact) mass is 595 g/mol. The molecular weight excluding hydrogens is 569 g/mol. The lowest BCUT2D eigenvalue weighted by Crippen LogP contribution is -2.50. The van der Waals surface area contributed by atoms with E-state index in [1.807, 2.05) is 6.92 Å². The Balaban J connectivity index is 2.08. The Morgan fingerprint density at radius 2 is 1.58 bits per heavy atom. The zero-order valence-electron chi connectivity index (χ0n) is 21.3. The second-order valence-corrected chi connectivity index (χ2v) is 11.9. The molecule has 2 amide bonds. The van der Waals surface area contributed by atoms with Crippen LogP contribution in [0.2, 0.25) is 15.1 Å².